The quantitative estimate of drug-likeness (QED) is 0.211. The SMILES string of the molecule is CCOc1ccc(S(=O)(=O)N(CC(=O)N(Cc2cccc(OC)c2)[C@@H](Cc2ccccc2)C(=O)NC)c2ccc(C)cc2)cc1. The van der Waals surface area contributed by atoms with Crippen molar-refractivity contribution in [1.29, 1.82) is 0 Å². The fourth-order valence-corrected chi connectivity index (χ4v) is 6.34. The van der Waals surface area contributed by atoms with Gasteiger partial charge in [-0.1, -0.05) is 60.2 Å². The second-order valence-corrected chi connectivity index (χ2v) is 12.3. The van der Waals surface area contributed by atoms with Gasteiger partial charge in [-0.25, -0.2) is 8.42 Å². The average Bonchev–Trinajstić information content (AvgIpc) is 3.06. The monoisotopic (exact) mass is 629 g/mol. The van der Waals surface area contributed by atoms with E-state index in [4.69, 9.17) is 9.47 Å². The van der Waals surface area contributed by atoms with Gasteiger partial charge in [-0.3, -0.25) is 13.9 Å². The highest BCUT2D eigenvalue weighted by atomic mass is 32.2. The number of aryl methyl sites for hydroxylation is 1. The van der Waals surface area contributed by atoms with Crippen LogP contribution in [-0.2, 0) is 32.6 Å². The predicted octanol–water partition coefficient (Wildman–Crippen LogP) is 4.98. The van der Waals surface area contributed by atoms with E-state index in [1.807, 2.05) is 50.2 Å². The normalized spacial score (nSPS) is 11.7. The Morgan fingerprint density at radius 2 is 1.51 bits per heavy atom. The standard InChI is InChI=1S/C35H39N3O6S/c1-5-44-30-18-20-32(21-19-30)45(41,42)38(29-16-14-26(2)15-17-29)25-34(39)37(24-28-12-9-13-31(22-28)43-4)33(35(40)36-3)23-27-10-7-6-8-11-27/h6-22,33H,5,23-25H2,1-4H3,(H,36,40)/t33-/m0/s1. The number of nitrogens with zero attached hydrogens (tertiary/aromatic N) is 2. The van der Waals surface area contributed by atoms with E-state index in [2.05, 4.69) is 5.32 Å². The summed E-state index contributed by atoms with van der Waals surface area (Å²) in [5.41, 5.74) is 2.84. The summed E-state index contributed by atoms with van der Waals surface area (Å²) in [7, 11) is -1.14. The lowest BCUT2D eigenvalue weighted by Gasteiger charge is -2.33. The molecule has 0 saturated carbocycles. The molecule has 0 radical (unpaired) electrons. The molecule has 0 bridgehead atoms. The van der Waals surface area contributed by atoms with Gasteiger partial charge in [0.15, 0.2) is 0 Å². The first-order valence-corrected chi connectivity index (χ1v) is 16.1. The van der Waals surface area contributed by atoms with Crippen LogP contribution in [0.25, 0.3) is 0 Å². The lowest BCUT2D eigenvalue weighted by Crippen LogP contribution is -2.53. The smallest absolute Gasteiger partial charge is 0.264 e. The highest BCUT2D eigenvalue weighted by Gasteiger charge is 2.34. The summed E-state index contributed by atoms with van der Waals surface area (Å²) in [4.78, 5) is 29.3. The van der Waals surface area contributed by atoms with Crippen molar-refractivity contribution in [3.63, 3.8) is 0 Å². The zero-order valence-corrected chi connectivity index (χ0v) is 26.8. The first-order chi connectivity index (χ1) is 21.7. The van der Waals surface area contributed by atoms with E-state index in [1.165, 1.54) is 24.1 Å². The molecule has 0 spiro atoms. The van der Waals surface area contributed by atoms with Crippen molar-refractivity contribution in [2.45, 2.75) is 37.8 Å². The van der Waals surface area contributed by atoms with Crippen LogP contribution in [0, 0.1) is 6.92 Å². The number of ether oxygens (including phenoxy) is 2. The molecule has 0 unspecified atom stereocenters. The van der Waals surface area contributed by atoms with E-state index < -0.39 is 28.5 Å². The first-order valence-electron chi connectivity index (χ1n) is 14.7. The number of nitrogens with one attached hydrogen (secondary N) is 1. The summed E-state index contributed by atoms with van der Waals surface area (Å²) >= 11 is 0. The molecule has 0 fully saturated rings. The van der Waals surface area contributed by atoms with Crippen LogP contribution in [0.5, 0.6) is 11.5 Å². The molecule has 10 heteroatoms. The molecule has 2 amide bonds. The number of carbonyl (C=O) groups is 2. The van der Waals surface area contributed by atoms with Crippen molar-refractivity contribution in [3.8, 4) is 11.5 Å². The number of anilines is 1. The summed E-state index contributed by atoms with van der Waals surface area (Å²) in [5, 5.41) is 2.69. The fraction of sp³-hybridized carbons (Fsp3) is 0.257. The van der Waals surface area contributed by atoms with Crippen LogP contribution in [0.2, 0.25) is 0 Å². The van der Waals surface area contributed by atoms with Gasteiger partial charge < -0.3 is 19.7 Å². The number of benzene rings is 4. The van der Waals surface area contributed by atoms with Crippen LogP contribution in [-0.4, -0.2) is 58.5 Å². The molecule has 4 aromatic carbocycles. The van der Waals surface area contributed by atoms with E-state index in [0.717, 1.165) is 21.0 Å². The number of hydrogen-bond acceptors (Lipinski definition) is 6. The molecule has 4 aromatic rings. The van der Waals surface area contributed by atoms with Crippen molar-refractivity contribution in [1.82, 2.24) is 10.2 Å². The molecule has 0 saturated heterocycles. The molecule has 1 atom stereocenters. The van der Waals surface area contributed by atoms with Gasteiger partial charge in [-0.15, -0.1) is 0 Å². The van der Waals surface area contributed by atoms with Crippen molar-refractivity contribution < 1.29 is 27.5 Å². The van der Waals surface area contributed by atoms with Gasteiger partial charge in [0, 0.05) is 20.0 Å². The van der Waals surface area contributed by atoms with Crippen LogP contribution in [0.4, 0.5) is 5.69 Å². The van der Waals surface area contributed by atoms with Crippen LogP contribution in [0.3, 0.4) is 0 Å². The number of sulfonamides is 1. The summed E-state index contributed by atoms with van der Waals surface area (Å²) in [5.74, 6) is 0.218. The average molecular weight is 630 g/mol. The zero-order chi connectivity index (χ0) is 32.4. The highest BCUT2D eigenvalue weighted by molar-refractivity contribution is 7.92. The van der Waals surface area contributed by atoms with Gasteiger partial charge >= 0.3 is 0 Å². The number of likely N-dealkylation sites (N-methyl/N-ethyl adjacent to an activating group) is 1. The van der Waals surface area contributed by atoms with Crippen molar-refractivity contribution in [2.75, 3.05) is 31.6 Å². The Morgan fingerprint density at radius 1 is 0.844 bits per heavy atom. The molecular weight excluding hydrogens is 590 g/mol. The lowest BCUT2D eigenvalue weighted by molar-refractivity contribution is -0.139. The molecule has 0 aromatic heterocycles. The largest absolute Gasteiger partial charge is 0.497 e. The Balaban J connectivity index is 1.78. The second kappa shape index (κ2) is 15.3. The molecule has 9 nitrogen and oxygen atoms in total. The minimum Gasteiger partial charge on any atom is -0.497 e. The molecular formula is C35H39N3O6S. The zero-order valence-electron chi connectivity index (χ0n) is 26.0. The Kier molecular flexibility index (Phi) is 11.2. The minimum absolute atomic E-state index is 0.00538. The number of hydrogen-bond donors (Lipinski definition) is 1. The Morgan fingerprint density at radius 3 is 2.13 bits per heavy atom. The van der Waals surface area contributed by atoms with Gasteiger partial charge in [0.2, 0.25) is 11.8 Å². The molecule has 45 heavy (non-hydrogen) atoms. The second-order valence-electron chi connectivity index (χ2n) is 10.4. The van der Waals surface area contributed by atoms with Crippen LogP contribution in [0.15, 0.2) is 108 Å². The molecule has 1 N–H and O–H groups in total. The topological polar surface area (TPSA) is 105 Å². The lowest BCUT2D eigenvalue weighted by atomic mass is 10.0. The van der Waals surface area contributed by atoms with Crippen LogP contribution >= 0.6 is 0 Å². The summed E-state index contributed by atoms with van der Waals surface area (Å²) < 4.78 is 40.3. The molecule has 0 aliphatic rings. The summed E-state index contributed by atoms with van der Waals surface area (Å²) in [6.45, 7) is 3.69. The van der Waals surface area contributed by atoms with Crippen molar-refractivity contribution in [2.24, 2.45) is 0 Å². The summed E-state index contributed by atoms with van der Waals surface area (Å²) in [6, 6.07) is 28.7. The maximum absolute atomic E-state index is 14.4. The maximum Gasteiger partial charge on any atom is 0.264 e. The van der Waals surface area contributed by atoms with Gasteiger partial charge in [0.05, 0.1) is 24.3 Å². The number of amides is 2. The number of carbonyl (C=O) groups excluding carboxylic acids is 2. The third kappa shape index (κ3) is 8.42. The van der Waals surface area contributed by atoms with Crippen molar-refractivity contribution in [3.05, 3.63) is 120 Å². The molecule has 0 aliphatic heterocycles. The Labute approximate surface area is 265 Å². The Bertz CT molecular complexity index is 1680. The molecule has 0 heterocycles. The molecule has 236 valence electrons. The van der Waals surface area contributed by atoms with Gasteiger partial charge in [-0.2, -0.15) is 0 Å². The van der Waals surface area contributed by atoms with Gasteiger partial charge in [0.1, 0.15) is 24.1 Å². The Hall–Kier alpha value is -4.83. The van der Waals surface area contributed by atoms with E-state index in [0.29, 0.717) is 23.8 Å². The van der Waals surface area contributed by atoms with Crippen LogP contribution in [0.1, 0.15) is 23.6 Å². The third-order valence-electron chi connectivity index (χ3n) is 7.33. The molecule has 4 rings (SSSR count). The van der Waals surface area contributed by atoms with Crippen molar-refractivity contribution >= 4 is 27.5 Å². The van der Waals surface area contributed by atoms with E-state index in [9.17, 15) is 18.0 Å². The summed E-state index contributed by atoms with van der Waals surface area (Å²) in [6.07, 6.45) is 0.229. The van der Waals surface area contributed by atoms with E-state index in [-0.39, 0.29) is 23.8 Å². The van der Waals surface area contributed by atoms with E-state index >= 15 is 0 Å². The minimum atomic E-state index is -4.21. The number of rotatable bonds is 14. The number of methoxy groups -OCH3 is 1. The molecule has 0 aliphatic carbocycles. The first kappa shape index (κ1) is 33.1. The van der Waals surface area contributed by atoms with E-state index in [1.54, 1.807) is 61.7 Å². The third-order valence-corrected chi connectivity index (χ3v) is 9.12. The van der Waals surface area contributed by atoms with Gasteiger partial charge in [-0.05, 0) is 73.5 Å². The predicted molar refractivity (Wildman–Crippen MR) is 175 cm³/mol. The van der Waals surface area contributed by atoms with Gasteiger partial charge in [0.25, 0.3) is 10.0 Å². The highest BCUT2D eigenvalue weighted by Crippen LogP contribution is 2.27. The fourth-order valence-electron chi connectivity index (χ4n) is 4.93. The maximum atomic E-state index is 14.4. The van der Waals surface area contributed by atoms with Crippen LogP contribution < -0.4 is 19.1 Å².